The van der Waals surface area contributed by atoms with E-state index in [4.69, 9.17) is 21.2 Å². The van der Waals surface area contributed by atoms with Crippen molar-refractivity contribution in [2.75, 3.05) is 13.1 Å². The zero-order valence-corrected chi connectivity index (χ0v) is 13.2. The maximum Gasteiger partial charge on any atom is 0.226 e. The zero-order valence-electron chi connectivity index (χ0n) is 12.5. The van der Waals surface area contributed by atoms with Crippen LogP contribution >= 0.6 is 11.6 Å². The quantitative estimate of drug-likeness (QED) is 0.934. The number of benzene rings is 1. The summed E-state index contributed by atoms with van der Waals surface area (Å²) in [6.07, 6.45) is 0.877. The lowest BCUT2D eigenvalue weighted by atomic mass is 9.95. The highest BCUT2D eigenvalue weighted by Crippen LogP contribution is 2.51. The minimum atomic E-state index is -0.149. The van der Waals surface area contributed by atoms with E-state index in [1.54, 1.807) is 6.07 Å². The van der Waals surface area contributed by atoms with Crippen LogP contribution in [0.25, 0.3) is 0 Å². The molecule has 0 bridgehead atoms. The molecule has 6 heteroatoms. The Morgan fingerprint density at radius 1 is 1.39 bits per heavy atom. The summed E-state index contributed by atoms with van der Waals surface area (Å²) < 4.78 is 5.00. The Morgan fingerprint density at radius 3 is 2.87 bits per heavy atom. The van der Waals surface area contributed by atoms with Gasteiger partial charge in [0.25, 0.3) is 0 Å². The van der Waals surface area contributed by atoms with Crippen molar-refractivity contribution in [3.05, 3.63) is 52.4 Å². The number of nitrogens with zero attached hydrogens (tertiary/aromatic N) is 2. The molecule has 2 heterocycles. The summed E-state index contributed by atoms with van der Waals surface area (Å²) in [5, 5.41) is 13.7. The standard InChI is InChI=1S/C17H17ClN2O3/c18-15-4-2-1-3-12(15)13-6-14(13)17(22)20-7-10(8-20)16-5-11(9-21)23-19-16/h1-5,10,13-14,21H,6-9H2/t13-,14+/m0/s1. The molecule has 2 aromatic rings. The Morgan fingerprint density at radius 2 is 2.17 bits per heavy atom. The Hall–Kier alpha value is -1.85. The third-order valence-corrected chi connectivity index (χ3v) is 5.10. The van der Waals surface area contributed by atoms with Gasteiger partial charge in [0.1, 0.15) is 6.61 Å². The lowest BCUT2D eigenvalue weighted by Gasteiger charge is -2.38. The first kappa shape index (κ1) is 14.7. The third kappa shape index (κ3) is 2.64. The second-order valence-corrected chi connectivity index (χ2v) is 6.69. The Kier molecular flexibility index (Phi) is 3.62. The van der Waals surface area contributed by atoms with Crippen molar-refractivity contribution in [2.45, 2.75) is 24.9 Å². The summed E-state index contributed by atoms with van der Waals surface area (Å²) in [4.78, 5) is 14.4. The summed E-state index contributed by atoms with van der Waals surface area (Å²) >= 11 is 6.21. The van der Waals surface area contributed by atoms with E-state index in [1.807, 2.05) is 29.2 Å². The number of aromatic nitrogens is 1. The molecule has 1 saturated heterocycles. The number of halogens is 1. The fraction of sp³-hybridized carbons (Fsp3) is 0.412. The smallest absolute Gasteiger partial charge is 0.226 e. The summed E-state index contributed by atoms with van der Waals surface area (Å²) in [7, 11) is 0. The van der Waals surface area contributed by atoms with Crippen LogP contribution in [0.15, 0.2) is 34.9 Å². The van der Waals surface area contributed by atoms with Crippen molar-refractivity contribution in [1.29, 1.82) is 0 Å². The van der Waals surface area contributed by atoms with Crippen LogP contribution in [0.4, 0.5) is 0 Å². The van der Waals surface area contributed by atoms with Crippen molar-refractivity contribution in [2.24, 2.45) is 5.92 Å². The largest absolute Gasteiger partial charge is 0.388 e. The number of carbonyl (C=O) groups is 1. The van der Waals surface area contributed by atoms with Crippen LogP contribution in [-0.4, -0.2) is 34.2 Å². The van der Waals surface area contributed by atoms with Gasteiger partial charge in [-0.15, -0.1) is 0 Å². The van der Waals surface area contributed by atoms with Crippen LogP contribution < -0.4 is 0 Å². The molecule has 1 aliphatic carbocycles. The van der Waals surface area contributed by atoms with Crippen molar-refractivity contribution in [3.63, 3.8) is 0 Å². The van der Waals surface area contributed by atoms with Gasteiger partial charge in [0.15, 0.2) is 5.76 Å². The lowest BCUT2D eigenvalue weighted by molar-refractivity contribution is -0.137. The average Bonchev–Trinajstić information content (AvgIpc) is 3.16. The minimum absolute atomic E-state index is 0.0566. The summed E-state index contributed by atoms with van der Waals surface area (Å²) in [5.41, 5.74) is 1.89. The van der Waals surface area contributed by atoms with Crippen molar-refractivity contribution in [1.82, 2.24) is 10.1 Å². The minimum Gasteiger partial charge on any atom is -0.388 e. The molecule has 0 radical (unpaired) electrons. The van der Waals surface area contributed by atoms with Crippen molar-refractivity contribution < 1.29 is 14.4 Å². The van der Waals surface area contributed by atoms with Crippen LogP contribution in [-0.2, 0) is 11.4 Å². The van der Waals surface area contributed by atoms with Crippen LogP contribution in [0.2, 0.25) is 5.02 Å². The molecule has 2 aliphatic rings. The van der Waals surface area contributed by atoms with E-state index < -0.39 is 0 Å². The molecule has 1 saturated carbocycles. The number of rotatable bonds is 4. The molecular weight excluding hydrogens is 316 g/mol. The summed E-state index contributed by atoms with van der Waals surface area (Å²) in [6, 6.07) is 9.51. The van der Waals surface area contributed by atoms with Gasteiger partial charge in [-0.2, -0.15) is 0 Å². The van der Waals surface area contributed by atoms with Gasteiger partial charge in [0, 0.05) is 36.0 Å². The topological polar surface area (TPSA) is 66.6 Å². The Balaban J connectivity index is 1.35. The second-order valence-electron chi connectivity index (χ2n) is 6.29. The number of hydrogen-bond donors (Lipinski definition) is 1. The predicted molar refractivity (Wildman–Crippen MR) is 84.0 cm³/mol. The molecule has 1 aromatic carbocycles. The van der Waals surface area contributed by atoms with E-state index in [0.29, 0.717) is 18.8 Å². The first-order valence-corrected chi connectivity index (χ1v) is 8.14. The van der Waals surface area contributed by atoms with E-state index in [2.05, 4.69) is 5.16 Å². The van der Waals surface area contributed by atoms with Gasteiger partial charge in [-0.05, 0) is 24.0 Å². The van der Waals surface area contributed by atoms with Crippen LogP contribution in [0.5, 0.6) is 0 Å². The highest BCUT2D eigenvalue weighted by atomic mass is 35.5. The predicted octanol–water partition coefficient (Wildman–Crippen LogP) is 2.55. The fourth-order valence-electron chi connectivity index (χ4n) is 3.26. The molecule has 120 valence electrons. The molecule has 2 atom stereocenters. The van der Waals surface area contributed by atoms with Gasteiger partial charge < -0.3 is 14.5 Å². The molecule has 1 aliphatic heterocycles. The molecule has 5 nitrogen and oxygen atoms in total. The van der Waals surface area contributed by atoms with Crippen molar-refractivity contribution in [3.8, 4) is 0 Å². The van der Waals surface area contributed by atoms with Crippen LogP contribution in [0, 0.1) is 5.92 Å². The van der Waals surface area contributed by atoms with E-state index in [-0.39, 0.29) is 30.3 Å². The molecule has 2 fully saturated rings. The van der Waals surface area contributed by atoms with E-state index >= 15 is 0 Å². The summed E-state index contributed by atoms with van der Waals surface area (Å²) in [5.74, 6) is 1.19. The average molecular weight is 333 g/mol. The number of aliphatic hydroxyl groups is 1. The molecule has 1 aromatic heterocycles. The van der Waals surface area contributed by atoms with Crippen molar-refractivity contribution >= 4 is 17.5 Å². The molecule has 0 unspecified atom stereocenters. The monoisotopic (exact) mass is 332 g/mol. The second kappa shape index (κ2) is 5.65. The summed E-state index contributed by atoms with van der Waals surface area (Å²) in [6.45, 7) is 1.19. The number of aliphatic hydroxyl groups excluding tert-OH is 1. The first-order valence-electron chi connectivity index (χ1n) is 7.77. The normalized spacial score (nSPS) is 23.7. The Bertz CT molecular complexity index is 739. The highest BCUT2D eigenvalue weighted by molar-refractivity contribution is 6.31. The lowest BCUT2D eigenvalue weighted by Crippen LogP contribution is -2.49. The van der Waals surface area contributed by atoms with Gasteiger partial charge in [-0.25, -0.2) is 0 Å². The van der Waals surface area contributed by atoms with E-state index in [1.165, 1.54) is 0 Å². The van der Waals surface area contributed by atoms with E-state index in [9.17, 15) is 4.79 Å². The number of hydrogen-bond acceptors (Lipinski definition) is 4. The van der Waals surface area contributed by atoms with Crippen LogP contribution in [0.3, 0.4) is 0 Å². The molecule has 0 spiro atoms. The fourth-order valence-corrected chi connectivity index (χ4v) is 3.54. The molecule has 1 amide bonds. The third-order valence-electron chi connectivity index (χ3n) is 4.76. The highest BCUT2D eigenvalue weighted by Gasteiger charge is 2.49. The maximum absolute atomic E-state index is 12.5. The molecule has 4 rings (SSSR count). The first-order chi connectivity index (χ1) is 11.2. The SMILES string of the molecule is O=C([C@@H]1C[C@H]1c1ccccc1Cl)N1CC(c2cc(CO)on2)C1. The molecule has 1 N–H and O–H groups in total. The van der Waals surface area contributed by atoms with E-state index in [0.717, 1.165) is 22.7 Å². The maximum atomic E-state index is 12.5. The number of carbonyl (C=O) groups excluding carboxylic acids is 1. The number of likely N-dealkylation sites (tertiary alicyclic amines) is 1. The van der Waals surface area contributed by atoms with Crippen LogP contribution in [0.1, 0.15) is 35.3 Å². The van der Waals surface area contributed by atoms with Gasteiger partial charge in [-0.1, -0.05) is 35.0 Å². The van der Waals surface area contributed by atoms with Gasteiger partial charge in [0.2, 0.25) is 5.91 Å². The van der Waals surface area contributed by atoms with Gasteiger partial charge >= 0.3 is 0 Å². The zero-order chi connectivity index (χ0) is 16.0. The van der Waals surface area contributed by atoms with Gasteiger partial charge in [-0.3, -0.25) is 4.79 Å². The number of amides is 1. The molecule has 23 heavy (non-hydrogen) atoms. The Labute approximate surface area is 138 Å². The molecular formula is C17H17ClN2O3. The van der Waals surface area contributed by atoms with Gasteiger partial charge in [0.05, 0.1) is 5.69 Å².